The number of hydrogen-bond acceptors (Lipinski definition) is 6. The minimum Gasteiger partial charge on any atom is -0.445 e. The van der Waals surface area contributed by atoms with Crippen LogP contribution in [0.15, 0.2) is 24.3 Å². The summed E-state index contributed by atoms with van der Waals surface area (Å²) in [6.45, 7) is 3.62. The Kier molecular flexibility index (Phi) is 5.25. The van der Waals surface area contributed by atoms with Crippen molar-refractivity contribution in [2.45, 2.75) is 30.7 Å². The van der Waals surface area contributed by atoms with Crippen LogP contribution in [-0.4, -0.2) is 58.3 Å². The Bertz CT molecular complexity index is 596. The molecule has 2 aliphatic heterocycles. The van der Waals surface area contributed by atoms with Crippen LogP contribution in [0, 0.1) is 10.1 Å². The number of nitro benzene ring substituents is 1. The highest BCUT2D eigenvalue weighted by atomic mass is 32.1. The average molecular weight is 351 g/mol. The first-order chi connectivity index (χ1) is 11.5. The van der Waals surface area contributed by atoms with Crippen molar-refractivity contribution >= 4 is 24.4 Å². The van der Waals surface area contributed by atoms with Gasteiger partial charge in [0.05, 0.1) is 4.92 Å². The van der Waals surface area contributed by atoms with Crippen molar-refractivity contribution in [1.82, 2.24) is 9.80 Å². The van der Waals surface area contributed by atoms with Crippen LogP contribution in [0.25, 0.3) is 0 Å². The zero-order valence-electron chi connectivity index (χ0n) is 13.3. The first-order valence-electron chi connectivity index (χ1n) is 8.10. The Balaban J connectivity index is 1.42. The quantitative estimate of drug-likeness (QED) is 0.512. The Morgan fingerprint density at radius 3 is 2.42 bits per heavy atom. The highest BCUT2D eigenvalue weighted by Gasteiger charge is 2.33. The summed E-state index contributed by atoms with van der Waals surface area (Å²) in [6, 6.07) is 6.59. The van der Waals surface area contributed by atoms with E-state index in [1.54, 1.807) is 17.0 Å². The van der Waals surface area contributed by atoms with Gasteiger partial charge in [-0.15, -0.1) is 0 Å². The van der Waals surface area contributed by atoms with E-state index in [0.717, 1.165) is 31.5 Å². The molecule has 2 aliphatic rings. The molecule has 3 rings (SSSR count). The summed E-state index contributed by atoms with van der Waals surface area (Å²) in [5.41, 5.74) is 0.769. The highest BCUT2D eigenvalue weighted by molar-refractivity contribution is 7.81. The lowest BCUT2D eigenvalue weighted by atomic mass is 10.00. The van der Waals surface area contributed by atoms with Crippen LogP contribution in [0.1, 0.15) is 18.4 Å². The van der Waals surface area contributed by atoms with E-state index in [4.69, 9.17) is 4.74 Å². The van der Waals surface area contributed by atoms with Gasteiger partial charge in [-0.3, -0.25) is 15.0 Å². The molecule has 2 fully saturated rings. The van der Waals surface area contributed by atoms with Gasteiger partial charge in [-0.25, -0.2) is 4.79 Å². The molecule has 0 saturated carbocycles. The molecule has 0 atom stereocenters. The van der Waals surface area contributed by atoms with Crippen LogP contribution in [0.5, 0.6) is 0 Å². The third-order valence-corrected chi connectivity index (χ3v) is 4.97. The Morgan fingerprint density at radius 1 is 1.25 bits per heavy atom. The van der Waals surface area contributed by atoms with Crippen molar-refractivity contribution in [2.24, 2.45) is 0 Å². The Labute approximate surface area is 146 Å². The van der Waals surface area contributed by atoms with Crippen molar-refractivity contribution in [2.75, 3.05) is 26.2 Å². The molecular weight excluding hydrogens is 330 g/mol. The van der Waals surface area contributed by atoms with Crippen LogP contribution >= 0.6 is 12.6 Å². The molecule has 0 N–H and O–H groups in total. The Hall–Kier alpha value is -1.80. The summed E-state index contributed by atoms with van der Waals surface area (Å²) in [7, 11) is 0. The second-order valence-electron chi connectivity index (χ2n) is 6.30. The largest absolute Gasteiger partial charge is 0.445 e. The lowest BCUT2D eigenvalue weighted by Crippen LogP contribution is -2.56. The maximum absolute atomic E-state index is 12.1. The van der Waals surface area contributed by atoms with Crippen LogP contribution in [0.3, 0.4) is 0 Å². The summed E-state index contributed by atoms with van der Waals surface area (Å²) in [5, 5.41) is 11.1. The van der Waals surface area contributed by atoms with Gasteiger partial charge < -0.3 is 9.64 Å². The minimum atomic E-state index is -0.450. The number of carbonyl (C=O) groups is 1. The standard InChI is InChI=1S/C16H21N3O4S/c20-16(23-11-12-1-3-14(4-2-12)19(21)22)17-7-5-13(6-8-17)18-9-15(24)10-18/h1-4,13,15,24H,5-11H2. The second kappa shape index (κ2) is 7.40. The normalized spacial score (nSPS) is 19.8. The van der Waals surface area contributed by atoms with Gasteiger partial charge in [0.1, 0.15) is 6.61 Å². The number of likely N-dealkylation sites (tertiary alicyclic amines) is 2. The van der Waals surface area contributed by atoms with E-state index in [-0.39, 0.29) is 18.4 Å². The summed E-state index contributed by atoms with van der Waals surface area (Å²) in [6.07, 6.45) is 1.61. The molecular formula is C16H21N3O4S. The fourth-order valence-corrected chi connectivity index (χ4v) is 3.57. The molecule has 0 unspecified atom stereocenters. The van der Waals surface area contributed by atoms with Crippen LogP contribution in [0.4, 0.5) is 10.5 Å². The van der Waals surface area contributed by atoms with Crippen LogP contribution < -0.4 is 0 Å². The molecule has 0 aliphatic carbocycles. The van der Waals surface area contributed by atoms with Gasteiger partial charge in [0.25, 0.3) is 5.69 Å². The zero-order valence-corrected chi connectivity index (χ0v) is 14.2. The van der Waals surface area contributed by atoms with Crippen molar-refractivity contribution < 1.29 is 14.5 Å². The number of ether oxygens (including phenoxy) is 1. The number of benzene rings is 1. The van der Waals surface area contributed by atoms with Gasteiger partial charge in [0, 0.05) is 49.6 Å². The molecule has 2 heterocycles. The molecule has 130 valence electrons. The third-order valence-electron chi connectivity index (χ3n) is 4.64. The van der Waals surface area contributed by atoms with Crippen molar-refractivity contribution in [1.29, 1.82) is 0 Å². The summed E-state index contributed by atoms with van der Waals surface area (Å²) >= 11 is 4.43. The average Bonchev–Trinajstić information content (AvgIpc) is 2.57. The summed E-state index contributed by atoms with van der Waals surface area (Å²) in [5.74, 6) is 0. The van der Waals surface area contributed by atoms with E-state index in [1.807, 2.05) is 0 Å². The highest BCUT2D eigenvalue weighted by Crippen LogP contribution is 2.24. The maximum atomic E-state index is 12.1. The number of non-ortho nitro benzene ring substituents is 1. The fraction of sp³-hybridized carbons (Fsp3) is 0.562. The molecule has 0 bridgehead atoms. The lowest BCUT2D eigenvalue weighted by Gasteiger charge is -2.45. The number of rotatable bonds is 4. The monoisotopic (exact) mass is 351 g/mol. The van der Waals surface area contributed by atoms with Gasteiger partial charge in [-0.1, -0.05) is 0 Å². The number of thiol groups is 1. The second-order valence-corrected chi connectivity index (χ2v) is 7.03. The van der Waals surface area contributed by atoms with E-state index >= 15 is 0 Å². The summed E-state index contributed by atoms with van der Waals surface area (Å²) in [4.78, 5) is 26.5. The SMILES string of the molecule is O=C(OCc1ccc([N+](=O)[O-])cc1)N1CCC(N2CC(S)C2)CC1. The predicted molar refractivity (Wildman–Crippen MR) is 92.2 cm³/mol. The van der Waals surface area contributed by atoms with Crippen LogP contribution in [-0.2, 0) is 11.3 Å². The number of piperidine rings is 1. The van der Waals surface area contributed by atoms with E-state index in [0.29, 0.717) is 24.4 Å². The first kappa shape index (κ1) is 17.0. The number of nitro groups is 1. The third kappa shape index (κ3) is 3.99. The fourth-order valence-electron chi connectivity index (χ4n) is 3.15. The topological polar surface area (TPSA) is 75.9 Å². The van der Waals surface area contributed by atoms with Crippen molar-refractivity contribution in [3.63, 3.8) is 0 Å². The predicted octanol–water partition coefficient (Wildman–Crippen LogP) is 2.31. The van der Waals surface area contributed by atoms with E-state index in [1.165, 1.54) is 12.1 Å². The summed E-state index contributed by atoms with van der Waals surface area (Å²) < 4.78 is 5.31. The minimum absolute atomic E-state index is 0.0293. The van der Waals surface area contributed by atoms with Crippen molar-refractivity contribution in [3.8, 4) is 0 Å². The van der Waals surface area contributed by atoms with Crippen LogP contribution in [0.2, 0.25) is 0 Å². The molecule has 0 spiro atoms. The van der Waals surface area contributed by atoms with E-state index < -0.39 is 4.92 Å². The molecule has 8 heteroatoms. The first-order valence-corrected chi connectivity index (χ1v) is 8.61. The molecule has 1 aromatic carbocycles. The molecule has 1 amide bonds. The van der Waals surface area contributed by atoms with Gasteiger partial charge in [-0.05, 0) is 30.5 Å². The van der Waals surface area contributed by atoms with Gasteiger partial charge in [0.2, 0.25) is 0 Å². The Morgan fingerprint density at radius 2 is 1.88 bits per heavy atom. The molecule has 1 aromatic rings. The van der Waals surface area contributed by atoms with E-state index in [2.05, 4.69) is 17.5 Å². The zero-order chi connectivity index (χ0) is 17.1. The lowest BCUT2D eigenvalue weighted by molar-refractivity contribution is -0.384. The number of hydrogen-bond donors (Lipinski definition) is 1. The van der Waals surface area contributed by atoms with Gasteiger partial charge in [0.15, 0.2) is 0 Å². The molecule has 0 radical (unpaired) electrons. The number of nitrogens with zero attached hydrogens (tertiary/aromatic N) is 3. The van der Waals surface area contributed by atoms with Gasteiger partial charge >= 0.3 is 6.09 Å². The van der Waals surface area contributed by atoms with E-state index in [9.17, 15) is 14.9 Å². The molecule has 24 heavy (non-hydrogen) atoms. The number of carbonyl (C=O) groups excluding carboxylic acids is 1. The smallest absolute Gasteiger partial charge is 0.410 e. The molecule has 2 saturated heterocycles. The molecule has 0 aromatic heterocycles. The molecule has 7 nitrogen and oxygen atoms in total. The maximum Gasteiger partial charge on any atom is 0.410 e. The number of amides is 1. The van der Waals surface area contributed by atoms with Gasteiger partial charge in [-0.2, -0.15) is 12.6 Å². The van der Waals surface area contributed by atoms with Crippen molar-refractivity contribution in [3.05, 3.63) is 39.9 Å².